The van der Waals surface area contributed by atoms with Crippen molar-refractivity contribution in [3.05, 3.63) is 48.0 Å². The molecular weight excluding hydrogens is 380 g/mol. The Bertz CT molecular complexity index is 823. The summed E-state index contributed by atoms with van der Waals surface area (Å²) in [4.78, 5) is 29.7. The molecule has 2 aromatic rings. The molecule has 4 rings (SSSR count). The van der Waals surface area contributed by atoms with Crippen LogP contribution in [-0.4, -0.2) is 68.0 Å². The lowest BCUT2D eigenvalue weighted by atomic mass is 9.87. The monoisotopic (exact) mass is 410 g/mol. The normalized spacial score (nSPS) is 23.4. The molecule has 0 spiro atoms. The van der Waals surface area contributed by atoms with Crippen molar-refractivity contribution in [2.45, 2.75) is 38.3 Å². The maximum Gasteiger partial charge on any atom is 0.225 e. The van der Waals surface area contributed by atoms with Crippen molar-refractivity contribution >= 4 is 11.9 Å². The number of β-amino-alcohol motifs (C(OH)–C–C–N with tert-alkyl or cyclic N) is 1. The summed E-state index contributed by atoms with van der Waals surface area (Å²) in [6, 6.07) is 5.87. The highest BCUT2D eigenvalue weighted by atomic mass is 16.3. The molecule has 1 amide bonds. The highest BCUT2D eigenvalue weighted by molar-refractivity contribution is 5.79. The van der Waals surface area contributed by atoms with Crippen molar-refractivity contribution in [2.24, 2.45) is 11.8 Å². The number of amides is 1. The smallest absolute Gasteiger partial charge is 0.225 e. The Balaban J connectivity index is 1.24. The van der Waals surface area contributed by atoms with Crippen molar-refractivity contribution in [1.82, 2.24) is 24.8 Å². The van der Waals surface area contributed by atoms with Gasteiger partial charge in [-0.1, -0.05) is 6.07 Å². The van der Waals surface area contributed by atoms with Gasteiger partial charge in [-0.05, 0) is 56.8 Å². The summed E-state index contributed by atoms with van der Waals surface area (Å²) in [6.07, 6.45) is 8.09. The molecule has 8 nitrogen and oxygen atoms in total. The minimum absolute atomic E-state index is 0.0449. The number of aliphatic hydroxyl groups excluding tert-OH is 1. The summed E-state index contributed by atoms with van der Waals surface area (Å²) < 4.78 is 0. The van der Waals surface area contributed by atoms with Crippen molar-refractivity contribution in [3.63, 3.8) is 0 Å². The van der Waals surface area contributed by atoms with Crippen LogP contribution in [0.25, 0.3) is 0 Å². The molecule has 0 radical (unpaired) electrons. The van der Waals surface area contributed by atoms with Gasteiger partial charge in [-0.25, -0.2) is 9.97 Å². The third kappa shape index (κ3) is 5.12. The molecule has 3 N–H and O–H groups in total. The maximum atomic E-state index is 13.0. The third-order valence-electron chi connectivity index (χ3n) is 6.30. The van der Waals surface area contributed by atoms with E-state index in [0.29, 0.717) is 6.54 Å². The van der Waals surface area contributed by atoms with E-state index in [0.717, 1.165) is 63.1 Å². The number of rotatable bonds is 5. The summed E-state index contributed by atoms with van der Waals surface area (Å²) in [5, 5.41) is 10.6. The van der Waals surface area contributed by atoms with E-state index in [1.165, 1.54) is 0 Å². The topological polar surface area (TPSA) is 108 Å². The Labute approximate surface area is 177 Å². The molecule has 2 atom stereocenters. The van der Waals surface area contributed by atoms with Crippen molar-refractivity contribution < 1.29 is 9.90 Å². The lowest BCUT2D eigenvalue weighted by Gasteiger charge is -2.39. The van der Waals surface area contributed by atoms with Gasteiger partial charge in [0.15, 0.2) is 0 Å². The molecule has 2 aromatic heterocycles. The number of carbonyl (C=O) groups is 1. The van der Waals surface area contributed by atoms with Gasteiger partial charge in [0, 0.05) is 55.4 Å². The Hall–Kier alpha value is -2.58. The van der Waals surface area contributed by atoms with E-state index in [1.807, 2.05) is 23.1 Å². The van der Waals surface area contributed by atoms with Crippen molar-refractivity contribution in [1.29, 1.82) is 0 Å². The number of aliphatic hydroxyl groups is 1. The first kappa shape index (κ1) is 20.7. The minimum Gasteiger partial charge on any atom is -0.391 e. The molecule has 2 unspecified atom stereocenters. The quantitative estimate of drug-likeness (QED) is 0.760. The summed E-state index contributed by atoms with van der Waals surface area (Å²) >= 11 is 0. The van der Waals surface area contributed by atoms with Crippen LogP contribution in [0.3, 0.4) is 0 Å². The van der Waals surface area contributed by atoms with Gasteiger partial charge < -0.3 is 15.7 Å². The number of anilines is 1. The average Bonchev–Trinajstić information content (AvgIpc) is 2.77. The van der Waals surface area contributed by atoms with E-state index in [2.05, 4.69) is 19.9 Å². The van der Waals surface area contributed by atoms with Crippen LogP contribution in [0.2, 0.25) is 0 Å². The second-order valence-electron chi connectivity index (χ2n) is 8.43. The number of piperidine rings is 2. The van der Waals surface area contributed by atoms with Crippen LogP contribution in [0.4, 0.5) is 5.95 Å². The first-order valence-electron chi connectivity index (χ1n) is 10.7. The van der Waals surface area contributed by atoms with Crippen LogP contribution < -0.4 is 5.73 Å². The fourth-order valence-electron chi connectivity index (χ4n) is 4.51. The van der Waals surface area contributed by atoms with Crippen molar-refractivity contribution in [3.8, 4) is 0 Å². The van der Waals surface area contributed by atoms with E-state index >= 15 is 0 Å². The van der Waals surface area contributed by atoms with Gasteiger partial charge in [0.2, 0.25) is 11.9 Å². The number of nitrogens with zero attached hydrogens (tertiary/aromatic N) is 5. The first-order valence-corrected chi connectivity index (χ1v) is 10.7. The highest BCUT2D eigenvalue weighted by Crippen LogP contribution is 2.26. The van der Waals surface area contributed by atoms with Crippen molar-refractivity contribution in [2.75, 3.05) is 31.9 Å². The van der Waals surface area contributed by atoms with Crippen LogP contribution in [0.1, 0.15) is 30.5 Å². The largest absolute Gasteiger partial charge is 0.391 e. The molecule has 8 heteroatoms. The zero-order valence-corrected chi connectivity index (χ0v) is 17.2. The molecule has 2 saturated heterocycles. The van der Waals surface area contributed by atoms with Crippen LogP contribution in [0.15, 0.2) is 36.8 Å². The lowest BCUT2D eigenvalue weighted by Crippen LogP contribution is -2.50. The minimum atomic E-state index is -0.490. The number of hydrogen-bond donors (Lipinski definition) is 2. The Kier molecular flexibility index (Phi) is 6.54. The third-order valence-corrected chi connectivity index (χ3v) is 6.30. The maximum absolute atomic E-state index is 13.0. The van der Waals surface area contributed by atoms with Gasteiger partial charge in [0.25, 0.3) is 0 Å². The summed E-state index contributed by atoms with van der Waals surface area (Å²) in [5.74, 6) is 0.686. The molecule has 0 saturated carbocycles. The first-order chi connectivity index (χ1) is 14.6. The van der Waals surface area contributed by atoms with Gasteiger partial charge in [-0.15, -0.1) is 0 Å². The van der Waals surface area contributed by atoms with Crippen LogP contribution in [0, 0.1) is 11.8 Å². The molecule has 2 aliphatic rings. The molecule has 0 aromatic carbocycles. The zero-order valence-electron chi connectivity index (χ0n) is 17.2. The van der Waals surface area contributed by atoms with E-state index in [-0.39, 0.29) is 23.7 Å². The zero-order chi connectivity index (χ0) is 20.9. The molecular formula is C22H30N6O2. The fraction of sp³-hybridized carbons (Fsp3) is 0.545. The van der Waals surface area contributed by atoms with Gasteiger partial charge in [0.1, 0.15) is 0 Å². The van der Waals surface area contributed by atoms with E-state index in [1.54, 1.807) is 18.6 Å². The van der Waals surface area contributed by atoms with E-state index < -0.39 is 6.10 Å². The predicted molar refractivity (Wildman–Crippen MR) is 113 cm³/mol. The fourth-order valence-corrected chi connectivity index (χ4v) is 4.51. The number of aromatic nitrogens is 3. The standard InChI is InChI=1S/C22H30N6O2/c23-22-25-12-16(13-26-22)14-27-8-4-17(5-9-27)21(30)28-10-6-18(20(29)15-28)11-19-3-1-2-7-24-19/h1-3,7,12-13,17-18,20,29H,4-6,8-11,14-15H2,(H2,23,25,26). The summed E-state index contributed by atoms with van der Waals surface area (Å²) in [5.41, 5.74) is 7.57. The summed E-state index contributed by atoms with van der Waals surface area (Å²) in [6.45, 7) is 3.67. The van der Waals surface area contributed by atoms with E-state index in [4.69, 9.17) is 5.73 Å². The van der Waals surface area contributed by atoms with Crippen LogP contribution >= 0.6 is 0 Å². The van der Waals surface area contributed by atoms with E-state index in [9.17, 15) is 9.90 Å². The van der Waals surface area contributed by atoms with Crippen LogP contribution in [-0.2, 0) is 17.8 Å². The van der Waals surface area contributed by atoms with Gasteiger partial charge >= 0.3 is 0 Å². The molecule has 30 heavy (non-hydrogen) atoms. The number of carbonyl (C=O) groups excluding carboxylic acids is 1. The number of hydrogen-bond acceptors (Lipinski definition) is 7. The number of pyridine rings is 1. The average molecular weight is 411 g/mol. The number of nitrogens with two attached hydrogens (primary N) is 1. The second kappa shape index (κ2) is 9.49. The molecule has 160 valence electrons. The van der Waals surface area contributed by atoms with Gasteiger partial charge in [-0.2, -0.15) is 0 Å². The Morgan fingerprint density at radius 3 is 2.53 bits per heavy atom. The lowest BCUT2D eigenvalue weighted by molar-refractivity contribution is -0.141. The molecule has 4 heterocycles. The summed E-state index contributed by atoms with van der Waals surface area (Å²) in [7, 11) is 0. The molecule has 2 aliphatic heterocycles. The molecule has 0 bridgehead atoms. The Morgan fingerprint density at radius 2 is 1.87 bits per heavy atom. The number of likely N-dealkylation sites (tertiary alicyclic amines) is 2. The van der Waals surface area contributed by atoms with Gasteiger partial charge in [0.05, 0.1) is 6.10 Å². The molecule has 2 fully saturated rings. The van der Waals surface area contributed by atoms with Crippen LogP contribution in [0.5, 0.6) is 0 Å². The Morgan fingerprint density at radius 1 is 1.10 bits per heavy atom. The number of nitrogen functional groups attached to an aromatic ring is 1. The second-order valence-corrected chi connectivity index (χ2v) is 8.43. The SMILES string of the molecule is Nc1ncc(CN2CCC(C(=O)N3CCC(Cc4ccccn4)C(O)C3)CC2)cn1. The predicted octanol–water partition coefficient (Wildman–Crippen LogP) is 1.12. The van der Waals surface area contributed by atoms with Gasteiger partial charge in [-0.3, -0.25) is 14.7 Å². The highest BCUT2D eigenvalue weighted by Gasteiger charge is 2.34. The molecule has 0 aliphatic carbocycles.